The van der Waals surface area contributed by atoms with Gasteiger partial charge in [-0.25, -0.2) is 0 Å². The zero-order valence-corrected chi connectivity index (χ0v) is 22.5. The molecule has 42 heavy (non-hydrogen) atoms. The first-order valence-electron chi connectivity index (χ1n) is 13.8. The molecule has 0 aliphatic carbocycles. The van der Waals surface area contributed by atoms with E-state index >= 15 is 0 Å². The Morgan fingerprint density at radius 1 is 0.429 bits per heavy atom. The van der Waals surface area contributed by atoms with Gasteiger partial charge in [0.1, 0.15) is 12.1 Å². The number of hydrogen-bond donors (Lipinski definition) is 0. The second kappa shape index (κ2) is 9.24. The smallest absolute Gasteiger partial charge is 0.101 e. The molecule has 2 heterocycles. The Morgan fingerprint density at radius 2 is 1.07 bits per heavy atom. The lowest BCUT2D eigenvalue weighted by molar-refractivity contribution is 1.17. The Kier molecular flexibility index (Phi) is 5.22. The van der Waals surface area contributed by atoms with Crippen molar-refractivity contribution in [3.63, 3.8) is 0 Å². The van der Waals surface area contributed by atoms with Crippen LogP contribution in [0.25, 0.3) is 66.1 Å². The molecule has 0 N–H and O–H groups in total. The molecular weight excluding hydrogens is 512 g/mol. The van der Waals surface area contributed by atoms with Gasteiger partial charge in [-0.2, -0.15) is 10.5 Å². The van der Waals surface area contributed by atoms with Crippen LogP contribution in [0.3, 0.4) is 0 Å². The third-order valence-corrected chi connectivity index (χ3v) is 8.20. The van der Waals surface area contributed by atoms with E-state index in [0.717, 1.165) is 44.3 Å². The van der Waals surface area contributed by atoms with Gasteiger partial charge in [0.15, 0.2) is 0 Å². The minimum absolute atomic E-state index is 0.373. The first-order valence-corrected chi connectivity index (χ1v) is 13.8. The van der Waals surface area contributed by atoms with Gasteiger partial charge in [-0.1, -0.05) is 72.8 Å². The van der Waals surface area contributed by atoms with Gasteiger partial charge in [0.2, 0.25) is 0 Å². The van der Waals surface area contributed by atoms with Crippen LogP contribution >= 0.6 is 0 Å². The number of aromatic nitrogens is 2. The van der Waals surface area contributed by atoms with Crippen LogP contribution < -0.4 is 0 Å². The molecule has 0 spiro atoms. The molecule has 0 aliphatic heterocycles. The van der Waals surface area contributed by atoms with Gasteiger partial charge in [0.05, 0.1) is 33.2 Å². The summed E-state index contributed by atoms with van der Waals surface area (Å²) in [4.78, 5) is 0. The Labute approximate surface area is 242 Å². The lowest BCUT2D eigenvalue weighted by Gasteiger charge is -2.10. The highest BCUT2D eigenvalue weighted by Crippen LogP contribution is 2.41. The summed E-state index contributed by atoms with van der Waals surface area (Å²) in [5.41, 5.74) is 9.49. The number of nitriles is 2. The second-order valence-electron chi connectivity index (χ2n) is 10.4. The minimum atomic E-state index is 0.373. The highest BCUT2D eigenvalue weighted by Gasteiger charge is 2.18. The maximum absolute atomic E-state index is 9.72. The SMILES string of the molecule is N#Cc1ccc(-n2c3ccccc3c3c(-c4ccc5c(c4)c4ccccc4n5-c4ccccc4)cccc32)cc1C#N. The van der Waals surface area contributed by atoms with E-state index in [2.05, 4.69) is 124 Å². The van der Waals surface area contributed by atoms with Gasteiger partial charge < -0.3 is 9.13 Å². The van der Waals surface area contributed by atoms with Crippen LogP contribution in [-0.4, -0.2) is 9.13 Å². The molecule has 4 nitrogen and oxygen atoms in total. The number of rotatable bonds is 3. The molecule has 0 bridgehead atoms. The lowest BCUT2D eigenvalue weighted by Crippen LogP contribution is -1.96. The van der Waals surface area contributed by atoms with Crippen molar-refractivity contribution in [2.24, 2.45) is 0 Å². The molecule has 8 aromatic rings. The van der Waals surface area contributed by atoms with Gasteiger partial charge in [-0.15, -0.1) is 0 Å². The van der Waals surface area contributed by atoms with Gasteiger partial charge >= 0.3 is 0 Å². The number of nitrogens with zero attached hydrogens (tertiary/aromatic N) is 4. The third kappa shape index (κ3) is 3.40. The number of fused-ring (bicyclic) bond motifs is 6. The van der Waals surface area contributed by atoms with Gasteiger partial charge in [-0.05, 0) is 71.8 Å². The maximum Gasteiger partial charge on any atom is 0.101 e. The molecule has 0 atom stereocenters. The maximum atomic E-state index is 9.72. The quantitative estimate of drug-likeness (QED) is 0.227. The molecule has 4 heteroatoms. The van der Waals surface area contributed by atoms with Crippen LogP contribution in [0.1, 0.15) is 11.1 Å². The van der Waals surface area contributed by atoms with E-state index in [1.165, 1.54) is 21.8 Å². The van der Waals surface area contributed by atoms with E-state index < -0.39 is 0 Å². The van der Waals surface area contributed by atoms with Crippen molar-refractivity contribution < 1.29 is 0 Å². The zero-order valence-electron chi connectivity index (χ0n) is 22.5. The number of para-hydroxylation sites is 3. The van der Waals surface area contributed by atoms with E-state index in [-0.39, 0.29) is 0 Å². The first-order chi connectivity index (χ1) is 20.8. The summed E-state index contributed by atoms with van der Waals surface area (Å²) in [7, 11) is 0. The van der Waals surface area contributed by atoms with E-state index in [1.54, 1.807) is 6.07 Å². The van der Waals surface area contributed by atoms with Crippen molar-refractivity contribution in [1.82, 2.24) is 9.13 Å². The third-order valence-electron chi connectivity index (χ3n) is 8.20. The second-order valence-corrected chi connectivity index (χ2v) is 10.4. The average Bonchev–Trinajstić information content (AvgIpc) is 3.57. The molecule has 0 fully saturated rings. The summed E-state index contributed by atoms with van der Waals surface area (Å²) < 4.78 is 4.52. The fourth-order valence-electron chi connectivity index (χ4n) is 6.40. The normalized spacial score (nSPS) is 11.3. The van der Waals surface area contributed by atoms with Gasteiger partial charge in [-0.3, -0.25) is 0 Å². The molecule has 0 amide bonds. The topological polar surface area (TPSA) is 57.4 Å². The van der Waals surface area contributed by atoms with Crippen molar-refractivity contribution in [2.45, 2.75) is 0 Å². The van der Waals surface area contributed by atoms with Crippen LogP contribution in [0.4, 0.5) is 0 Å². The van der Waals surface area contributed by atoms with Crippen LogP contribution in [0.2, 0.25) is 0 Å². The first kappa shape index (κ1) is 23.8. The summed E-state index contributed by atoms with van der Waals surface area (Å²) in [5, 5.41) is 23.9. The van der Waals surface area contributed by atoms with E-state index in [4.69, 9.17) is 0 Å². The Hall–Kier alpha value is -6.10. The van der Waals surface area contributed by atoms with Crippen molar-refractivity contribution in [3.8, 4) is 34.6 Å². The van der Waals surface area contributed by atoms with Crippen LogP contribution in [0.15, 0.2) is 133 Å². The molecule has 0 radical (unpaired) electrons. The average molecular weight is 535 g/mol. The summed E-state index contributed by atoms with van der Waals surface area (Å²) in [6.07, 6.45) is 0. The Bertz CT molecular complexity index is 2430. The van der Waals surface area contributed by atoms with Crippen molar-refractivity contribution in [3.05, 3.63) is 145 Å². The van der Waals surface area contributed by atoms with Crippen LogP contribution in [0.5, 0.6) is 0 Å². The monoisotopic (exact) mass is 534 g/mol. The molecule has 0 saturated heterocycles. The predicted molar refractivity (Wildman–Crippen MR) is 170 cm³/mol. The Balaban J connectivity index is 1.41. The molecule has 0 aliphatic rings. The molecule has 194 valence electrons. The zero-order chi connectivity index (χ0) is 28.2. The predicted octanol–water partition coefficient (Wildman–Crippen LogP) is 9.29. The van der Waals surface area contributed by atoms with Gasteiger partial charge in [0.25, 0.3) is 0 Å². The molecule has 0 unspecified atom stereocenters. The lowest BCUT2D eigenvalue weighted by atomic mass is 9.98. The van der Waals surface area contributed by atoms with E-state index in [0.29, 0.717) is 11.1 Å². The van der Waals surface area contributed by atoms with Gasteiger partial charge in [0, 0.05) is 32.9 Å². The number of hydrogen-bond acceptors (Lipinski definition) is 2. The summed E-state index contributed by atoms with van der Waals surface area (Å²) in [6.45, 7) is 0. The van der Waals surface area contributed by atoms with E-state index in [9.17, 15) is 10.5 Å². The van der Waals surface area contributed by atoms with Crippen LogP contribution in [0, 0.1) is 22.7 Å². The largest absolute Gasteiger partial charge is 0.309 e. The molecule has 6 aromatic carbocycles. The fraction of sp³-hybridized carbons (Fsp3) is 0. The van der Waals surface area contributed by atoms with E-state index in [1.807, 2.05) is 24.3 Å². The summed E-state index contributed by atoms with van der Waals surface area (Å²) in [6, 6.07) is 50.4. The molecule has 8 rings (SSSR count). The minimum Gasteiger partial charge on any atom is -0.309 e. The molecule has 2 aromatic heterocycles. The highest BCUT2D eigenvalue weighted by molar-refractivity contribution is 6.17. The highest BCUT2D eigenvalue weighted by atomic mass is 15.0. The molecular formula is C38H22N4. The number of benzene rings is 6. The molecule has 0 saturated carbocycles. The van der Waals surface area contributed by atoms with Crippen LogP contribution in [-0.2, 0) is 0 Å². The fourth-order valence-corrected chi connectivity index (χ4v) is 6.40. The van der Waals surface area contributed by atoms with Crippen molar-refractivity contribution in [1.29, 1.82) is 10.5 Å². The van der Waals surface area contributed by atoms with Crippen molar-refractivity contribution >= 4 is 43.6 Å². The van der Waals surface area contributed by atoms with Crippen molar-refractivity contribution in [2.75, 3.05) is 0 Å². The summed E-state index contributed by atoms with van der Waals surface area (Å²) >= 11 is 0. The summed E-state index contributed by atoms with van der Waals surface area (Å²) in [5.74, 6) is 0. The Morgan fingerprint density at radius 3 is 1.86 bits per heavy atom. The standard InChI is InChI=1S/C38H22N4/c39-23-26-17-19-29(21-27(26)24-40)42-35-15-7-5-12-32(35)38-30(13-8-16-37(38)42)25-18-20-36-33(22-25)31-11-4-6-14-34(31)41(36)28-9-2-1-3-10-28/h1-22H.